The summed E-state index contributed by atoms with van der Waals surface area (Å²) in [6.07, 6.45) is 0. The van der Waals surface area contributed by atoms with E-state index in [0.717, 1.165) is 10.5 Å². The zero-order valence-corrected chi connectivity index (χ0v) is 13.8. The van der Waals surface area contributed by atoms with E-state index in [9.17, 15) is 4.39 Å². The molecule has 21 heavy (non-hydrogen) atoms. The zero-order chi connectivity index (χ0) is 15.6. The van der Waals surface area contributed by atoms with Crippen LogP contribution in [0, 0.1) is 5.82 Å². The maximum absolute atomic E-state index is 14.1. The summed E-state index contributed by atoms with van der Waals surface area (Å²) < 4.78 is 14.1. The van der Waals surface area contributed by atoms with Crippen molar-refractivity contribution in [2.24, 2.45) is 5.73 Å². The van der Waals surface area contributed by atoms with E-state index in [1.54, 1.807) is 6.07 Å². The molecule has 1 nitrogen and oxygen atoms in total. The smallest absolute Gasteiger partial charge is 0.137 e. The molecule has 0 aromatic heterocycles. The van der Waals surface area contributed by atoms with Gasteiger partial charge in [-0.1, -0.05) is 56.8 Å². The quantitative estimate of drug-likeness (QED) is 0.833. The van der Waals surface area contributed by atoms with Crippen LogP contribution < -0.4 is 5.73 Å². The summed E-state index contributed by atoms with van der Waals surface area (Å²) in [4.78, 5) is 1.64. The number of halogens is 1. The summed E-state index contributed by atoms with van der Waals surface area (Å²) in [6.45, 7) is 8.42. The molecule has 0 amide bonds. The molecule has 2 N–H and O–H groups in total. The van der Waals surface area contributed by atoms with Gasteiger partial charge in [-0.3, -0.25) is 0 Å². The van der Waals surface area contributed by atoms with Crippen molar-refractivity contribution < 1.29 is 4.39 Å². The molecule has 0 spiro atoms. The molecule has 0 fully saturated rings. The van der Waals surface area contributed by atoms with E-state index in [2.05, 4.69) is 32.9 Å². The predicted molar refractivity (Wildman–Crippen MR) is 88.3 cm³/mol. The molecule has 0 aliphatic heterocycles. The fourth-order valence-corrected chi connectivity index (χ4v) is 3.18. The van der Waals surface area contributed by atoms with Crippen molar-refractivity contribution in [3.63, 3.8) is 0 Å². The highest BCUT2D eigenvalue weighted by atomic mass is 32.2. The van der Waals surface area contributed by atoms with Gasteiger partial charge in [-0.25, -0.2) is 4.39 Å². The molecule has 0 unspecified atom stereocenters. The van der Waals surface area contributed by atoms with Crippen LogP contribution in [0.15, 0.2) is 52.3 Å². The second kappa shape index (κ2) is 6.20. The fraction of sp³-hybridized carbons (Fsp3) is 0.333. The van der Waals surface area contributed by atoms with Gasteiger partial charge in [0.05, 0.1) is 4.90 Å². The molecule has 0 aliphatic rings. The number of nitrogens with two attached hydrogens (primary N) is 1. The van der Waals surface area contributed by atoms with Gasteiger partial charge in [0, 0.05) is 10.9 Å². The Bertz CT molecular complexity index is 612. The van der Waals surface area contributed by atoms with Crippen molar-refractivity contribution >= 4 is 11.8 Å². The first-order valence-electron chi connectivity index (χ1n) is 7.11. The van der Waals surface area contributed by atoms with E-state index >= 15 is 0 Å². The molecule has 2 aromatic rings. The summed E-state index contributed by atoms with van der Waals surface area (Å²) in [5.41, 5.74) is 8.18. The van der Waals surface area contributed by atoms with Crippen LogP contribution >= 0.6 is 11.8 Å². The van der Waals surface area contributed by atoms with E-state index in [1.165, 1.54) is 23.4 Å². The molecule has 2 aromatic carbocycles. The van der Waals surface area contributed by atoms with Crippen molar-refractivity contribution in [3.8, 4) is 0 Å². The van der Waals surface area contributed by atoms with Gasteiger partial charge in [0.25, 0.3) is 0 Å². The SMILES string of the molecule is C[C@@H](N)c1cccc(F)c1Sc1ccc(C(C)(C)C)cc1. The third kappa shape index (κ3) is 3.86. The predicted octanol–water partition coefficient (Wildman–Crippen LogP) is 5.29. The highest BCUT2D eigenvalue weighted by Crippen LogP contribution is 2.35. The van der Waals surface area contributed by atoms with Crippen LogP contribution in [0.25, 0.3) is 0 Å². The molecule has 0 radical (unpaired) electrons. The Morgan fingerprint density at radius 3 is 2.19 bits per heavy atom. The van der Waals surface area contributed by atoms with Crippen LogP contribution in [0.3, 0.4) is 0 Å². The summed E-state index contributed by atoms with van der Waals surface area (Å²) in [6, 6.07) is 13.2. The van der Waals surface area contributed by atoms with Gasteiger partial charge in [0.2, 0.25) is 0 Å². The van der Waals surface area contributed by atoms with Crippen LogP contribution in [0.5, 0.6) is 0 Å². The van der Waals surface area contributed by atoms with Crippen molar-refractivity contribution in [1.82, 2.24) is 0 Å². The fourth-order valence-electron chi connectivity index (χ4n) is 2.13. The Morgan fingerprint density at radius 2 is 1.67 bits per heavy atom. The Balaban J connectivity index is 2.31. The summed E-state index contributed by atoms with van der Waals surface area (Å²) in [5.74, 6) is -0.213. The average molecular weight is 303 g/mol. The topological polar surface area (TPSA) is 26.0 Å². The van der Waals surface area contributed by atoms with Crippen LogP contribution in [-0.2, 0) is 5.41 Å². The maximum atomic E-state index is 14.1. The Hall–Kier alpha value is -1.32. The molecular weight excluding hydrogens is 281 g/mol. The first-order chi connectivity index (χ1) is 9.79. The molecule has 3 heteroatoms. The molecular formula is C18H22FNS. The summed E-state index contributed by atoms with van der Waals surface area (Å²) >= 11 is 1.43. The molecule has 0 aliphatic carbocycles. The minimum absolute atomic E-state index is 0.123. The Labute approximate surface area is 130 Å². The van der Waals surface area contributed by atoms with E-state index in [0.29, 0.717) is 4.90 Å². The number of hydrogen-bond donors (Lipinski definition) is 1. The summed E-state index contributed by atoms with van der Waals surface area (Å²) in [5, 5.41) is 0. The lowest BCUT2D eigenvalue weighted by Crippen LogP contribution is -2.10. The minimum Gasteiger partial charge on any atom is -0.324 e. The van der Waals surface area contributed by atoms with Crippen LogP contribution in [0.4, 0.5) is 4.39 Å². The number of rotatable bonds is 3. The van der Waals surface area contributed by atoms with Gasteiger partial charge in [-0.2, -0.15) is 0 Å². The molecule has 0 heterocycles. The Kier molecular flexibility index (Phi) is 4.74. The van der Waals surface area contributed by atoms with Crippen LogP contribution in [0.2, 0.25) is 0 Å². The third-order valence-corrected chi connectivity index (χ3v) is 4.57. The molecule has 2 rings (SSSR count). The number of hydrogen-bond acceptors (Lipinski definition) is 2. The van der Waals surface area contributed by atoms with Crippen molar-refractivity contribution in [2.45, 2.75) is 48.9 Å². The number of benzene rings is 2. The van der Waals surface area contributed by atoms with Crippen LogP contribution in [0.1, 0.15) is 44.9 Å². The maximum Gasteiger partial charge on any atom is 0.137 e. The largest absolute Gasteiger partial charge is 0.324 e. The first kappa shape index (κ1) is 16.1. The average Bonchev–Trinajstić information content (AvgIpc) is 2.40. The van der Waals surface area contributed by atoms with Gasteiger partial charge in [-0.05, 0) is 41.7 Å². The highest BCUT2D eigenvalue weighted by Gasteiger charge is 2.15. The molecule has 0 saturated carbocycles. The van der Waals surface area contributed by atoms with E-state index in [4.69, 9.17) is 5.73 Å². The van der Waals surface area contributed by atoms with Gasteiger partial charge in [-0.15, -0.1) is 0 Å². The molecule has 112 valence electrons. The standard InChI is InChI=1S/C18H22FNS/c1-12(20)15-6-5-7-16(19)17(15)21-14-10-8-13(9-11-14)18(2,3)4/h5-12H,20H2,1-4H3/t12-/m1/s1. The van der Waals surface area contributed by atoms with Crippen LogP contribution in [-0.4, -0.2) is 0 Å². The normalized spacial score (nSPS) is 13.2. The minimum atomic E-state index is -0.213. The lowest BCUT2D eigenvalue weighted by Gasteiger charge is -2.19. The molecule has 0 bridgehead atoms. The van der Waals surface area contributed by atoms with E-state index < -0.39 is 0 Å². The third-order valence-electron chi connectivity index (χ3n) is 3.43. The van der Waals surface area contributed by atoms with Crippen molar-refractivity contribution in [2.75, 3.05) is 0 Å². The van der Waals surface area contributed by atoms with Gasteiger partial charge >= 0.3 is 0 Å². The Morgan fingerprint density at radius 1 is 1.05 bits per heavy atom. The molecule has 0 saturated heterocycles. The van der Waals surface area contributed by atoms with Gasteiger partial charge in [0.15, 0.2) is 0 Å². The zero-order valence-electron chi connectivity index (χ0n) is 13.0. The second-order valence-corrected chi connectivity index (χ2v) is 7.41. The second-order valence-electron chi connectivity index (χ2n) is 6.32. The van der Waals surface area contributed by atoms with E-state index in [1.807, 2.05) is 25.1 Å². The summed E-state index contributed by atoms with van der Waals surface area (Å²) in [7, 11) is 0. The van der Waals surface area contributed by atoms with Gasteiger partial charge < -0.3 is 5.73 Å². The monoisotopic (exact) mass is 303 g/mol. The van der Waals surface area contributed by atoms with Gasteiger partial charge in [0.1, 0.15) is 5.82 Å². The van der Waals surface area contributed by atoms with Crippen molar-refractivity contribution in [1.29, 1.82) is 0 Å². The lowest BCUT2D eigenvalue weighted by molar-refractivity contribution is 0.589. The van der Waals surface area contributed by atoms with Crippen molar-refractivity contribution in [3.05, 3.63) is 59.4 Å². The molecule has 1 atom stereocenters. The first-order valence-corrected chi connectivity index (χ1v) is 7.93. The highest BCUT2D eigenvalue weighted by molar-refractivity contribution is 7.99. The lowest BCUT2D eigenvalue weighted by atomic mass is 9.87. The van der Waals surface area contributed by atoms with E-state index in [-0.39, 0.29) is 17.3 Å².